The highest BCUT2D eigenvalue weighted by molar-refractivity contribution is 7.17. The number of carbonyl (C=O) groups is 3. The van der Waals surface area contributed by atoms with E-state index in [0.717, 1.165) is 34.6 Å². The maximum absolute atomic E-state index is 12.7. The monoisotopic (exact) mass is 450 g/mol. The number of thiophene rings is 1. The summed E-state index contributed by atoms with van der Waals surface area (Å²) in [6.07, 6.45) is 0.711. The fourth-order valence-electron chi connectivity index (χ4n) is 3.57. The molecule has 4 rings (SSSR count). The number of hydrogen-bond acceptors (Lipinski definition) is 6. The Bertz CT molecular complexity index is 1200. The van der Waals surface area contributed by atoms with Gasteiger partial charge >= 0.3 is 5.97 Å². The van der Waals surface area contributed by atoms with E-state index >= 15 is 0 Å². The lowest BCUT2D eigenvalue weighted by Gasteiger charge is -2.16. The van der Waals surface area contributed by atoms with Crippen LogP contribution >= 0.6 is 11.3 Å². The van der Waals surface area contributed by atoms with Crippen molar-refractivity contribution in [2.24, 2.45) is 5.73 Å². The maximum Gasteiger partial charge on any atom is 0.349 e. The third-order valence-electron chi connectivity index (χ3n) is 5.32. The molecule has 8 heteroatoms. The fourth-order valence-corrected chi connectivity index (χ4v) is 4.73. The smallest absolute Gasteiger partial charge is 0.349 e. The normalized spacial score (nSPS) is 12.8. The van der Waals surface area contributed by atoms with E-state index < -0.39 is 23.9 Å². The van der Waals surface area contributed by atoms with Crippen molar-refractivity contribution in [2.75, 3.05) is 12.4 Å². The molecule has 1 aliphatic carbocycles. The quantitative estimate of drug-likeness (QED) is 0.556. The summed E-state index contributed by atoms with van der Waals surface area (Å²) in [6.45, 7) is 1.51. The van der Waals surface area contributed by atoms with Gasteiger partial charge in [0.15, 0.2) is 6.10 Å². The number of carbonyl (C=O) groups excluding carboxylic acids is 3. The molecule has 1 aromatic heterocycles. The van der Waals surface area contributed by atoms with Crippen LogP contribution in [0.5, 0.6) is 5.75 Å². The van der Waals surface area contributed by atoms with E-state index in [2.05, 4.69) is 5.32 Å². The number of primary amides is 1. The van der Waals surface area contributed by atoms with E-state index in [1.54, 1.807) is 19.2 Å². The molecule has 0 spiro atoms. The van der Waals surface area contributed by atoms with Gasteiger partial charge in [-0.05, 0) is 85.0 Å². The highest BCUT2D eigenvalue weighted by Crippen LogP contribution is 2.41. The van der Waals surface area contributed by atoms with Crippen LogP contribution in [0.15, 0.2) is 48.5 Å². The lowest BCUT2D eigenvalue weighted by molar-refractivity contribution is -0.123. The van der Waals surface area contributed by atoms with Crippen molar-refractivity contribution in [1.29, 1.82) is 0 Å². The molecule has 0 aliphatic heterocycles. The van der Waals surface area contributed by atoms with Crippen molar-refractivity contribution in [3.63, 3.8) is 0 Å². The van der Waals surface area contributed by atoms with Gasteiger partial charge in [0.2, 0.25) is 5.91 Å². The molecule has 164 valence electrons. The first-order valence-electron chi connectivity index (χ1n) is 10.1. The molecule has 1 aliphatic rings. The zero-order valence-corrected chi connectivity index (χ0v) is 18.5. The zero-order valence-electron chi connectivity index (χ0n) is 17.6. The molecule has 32 heavy (non-hydrogen) atoms. The van der Waals surface area contributed by atoms with E-state index in [0.29, 0.717) is 16.1 Å². The lowest BCUT2D eigenvalue weighted by atomic mass is 9.91. The first kappa shape index (κ1) is 21.6. The number of ether oxygens (including phenoxy) is 2. The van der Waals surface area contributed by atoms with Crippen LogP contribution in [0.4, 0.5) is 5.69 Å². The van der Waals surface area contributed by atoms with Crippen molar-refractivity contribution < 1.29 is 23.9 Å². The van der Waals surface area contributed by atoms with Crippen LogP contribution in [-0.4, -0.2) is 31.0 Å². The Morgan fingerprint density at radius 2 is 1.75 bits per heavy atom. The average Bonchev–Trinajstić information content (AvgIpc) is 3.24. The van der Waals surface area contributed by atoms with Crippen molar-refractivity contribution in [3.05, 3.63) is 70.1 Å². The molecule has 0 saturated heterocycles. The Balaban J connectivity index is 1.43. The molecule has 2 aromatic carbocycles. The first-order chi connectivity index (χ1) is 15.4. The van der Waals surface area contributed by atoms with Crippen LogP contribution in [0.25, 0.3) is 10.4 Å². The summed E-state index contributed by atoms with van der Waals surface area (Å²) in [5.41, 5.74) is 9.41. The minimum Gasteiger partial charge on any atom is -0.497 e. The van der Waals surface area contributed by atoms with E-state index in [9.17, 15) is 14.4 Å². The number of esters is 1. The van der Waals surface area contributed by atoms with E-state index in [4.69, 9.17) is 15.2 Å². The Morgan fingerprint density at radius 1 is 1.03 bits per heavy atom. The Kier molecular flexibility index (Phi) is 5.96. The van der Waals surface area contributed by atoms with Gasteiger partial charge in [-0.3, -0.25) is 9.59 Å². The molecular weight excluding hydrogens is 428 g/mol. The number of hydrogen-bond donors (Lipinski definition) is 2. The topological polar surface area (TPSA) is 108 Å². The summed E-state index contributed by atoms with van der Waals surface area (Å²) in [6, 6.07) is 13.9. The van der Waals surface area contributed by atoms with E-state index in [-0.39, 0.29) is 0 Å². The highest BCUT2D eigenvalue weighted by Gasteiger charge is 2.25. The molecule has 1 atom stereocenters. The second-order valence-corrected chi connectivity index (χ2v) is 8.52. The van der Waals surface area contributed by atoms with Gasteiger partial charge in [0.05, 0.1) is 7.11 Å². The minimum absolute atomic E-state index is 0.337. The number of methoxy groups -OCH3 is 1. The van der Waals surface area contributed by atoms with E-state index in [1.807, 2.05) is 24.3 Å². The van der Waals surface area contributed by atoms with Crippen molar-refractivity contribution in [3.8, 4) is 16.2 Å². The number of nitrogens with one attached hydrogen (secondary N) is 1. The van der Waals surface area contributed by atoms with Gasteiger partial charge in [-0.2, -0.15) is 0 Å². The number of amides is 2. The van der Waals surface area contributed by atoms with Crippen LogP contribution in [0.3, 0.4) is 0 Å². The molecule has 0 bridgehead atoms. The molecular formula is C24H22N2O5S. The van der Waals surface area contributed by atoms with Gasteiger partial charge in [-0.1, -0.05) is 0 Å². The molecule has 0 fully saturated rings. The molecule has 0 radical (unpaired) electrons. The van der Waals surface area contributed by atoms with Gasteiger partial charge in [-0.15, -0.1) is 11.3 Å². The lowest BCUT2D eigenvalue weighted by Crippen LogP contribution is -2.29. The molecule has 2 amide bonds. The number of fused-ring (bicyclic) bond motifs is 3. The maximum atomic E-state index is 12.7. The number of aryl methyl sites for hydroxylation is 2. The van der Waals surface area contributed by atoms with Gasteiger partial charge < -0.3 is 20.5 Å². The molecule has 3 N–H and O–H groups in total. The molecule has 1 unspecified atom stereocenters. The van der Waals surface area contributed by atoms with Gasteiger partial charge in [0, 0.05) is 16.1 Å². The van der Waals surface area contributed by atoms with E-state index in [1.165, 1.54) is 36.0 Å². The minimum atomic E-state index is -0.992. The molecule has 1 heterocycles. The van der Waals surface area contributed by atoms with Crippen molar-refractivity contribution >= 4 is 34.8 Å². The summed E-state index contributed by atoms with van der Waals surface area (Å²) in [4.78, 5) is 37.8. The predicted molar refractivity (Wildman–Crippen MR) is 122 cm³/mol. The SMILES string of the molecule is COc1ccc2c(c1)CCc1cc(C(=O)OC(C)C(=O)Nc3ccc(C(N)=O)cc3)sc1-2. The van der Waals surface area contributed by atoms with Gasteiger partial charge in [0.25, 0.3) is 5.91 Å². The summed E-state index contributed by atoms with van der Waals surface area (Å²) >= 11 is 1.37. The second kappa shape index (κ2) is 8.84. The van der Waals surface area contributed by atoms with Crippen molar-refractivity contribution in [1.82, 2.24) is 0 Å². The van der Waals surface area contributed by atoms with Gasteiger partial charge in [-0.25, -0.2) is 4.79 Å². The molecule has 0 saturated carbocycles. The molecule has 3 aromatic rings. The van der Waals surface area contributed by atoms with Gasteiger partial charge in [0.1, 0.15) is 10.6 Å². The summed E-state index contributed by atoms with van der Waals surface area (Å²) < 4.78 is 10.7. The average molecular weight is 451 g/mol. The van der Waals surface area contributed by atoms with Crippen LogP contribution in [0.2, 0.25) is 0 Å². The number of benzene rings is 2. The van der Waals surface area contributed by atoms with Crippen LogP contribution in [0, 0.1) is 0 Å². The number of anilines is 1. The summed E-state index contributed by atoms with van der Waals surface area (Å²) in [5.74, 6) is -0.742. The molecule has 7 nitrogen and oxygen atoms in total. The number of rotatable bonds is 6. The summed E-state index contributed by atoms with van der Waals surface area (Å²) in [7, 11) is 1.64. The Morgan fingerprint density at radius 3 is 2.44 bits per heavy atom. The predicted octanol–water partition coefficient (Wildman–Crippen LogP) is 3.81. The second-order valence-electron chi connectivity index (χ2n) is 7.47. The Hall–Kier alpha value is -3.65. The van der Waals surface area contributed by atoms with Crippen LogP contribution in [-0.2, 0) is 22.4 Å². The highest BCUT2D eigenvalue weighted by atomic mass is 32.1. The largest absolute Gasteiger partial charge is 0.497 e. The first-order valence-corrected chi connectivity index (χ1v) is 10.9. The van der Waals surface area contributed by atoms with Crippen LogP contribution in [0.1, 0.15) is 38.1 Å². The Labute approximate surface area is 189 Å². The van der Waals surface area contributed by atoms with Crippen molar-refractivity contribution in [2.45, 2.75) is 25.9 Å². The third-order valence-corrected chi connectivity index (χ3v) is 6.51. The standard InChI is InChI=1S/C24H22N2O5S/c1-13(23(28)26-17-7-5-14(6-8-17)22(25)27)31-24(29)20-12-16-4-3-15-11-18(30-2)9-10-19(15)21(16)32-20/h5-13H,3-4H2,1-2H3,(H2,25,27)(H,26,28). The third kappa shape index (κ3) is 4.36. The zero-order chi connectivity index (χ0) is 22.8. The summed E-state index contributed by atoms with van der Waals surface area (Å²) in [5, 5.41) is 2.66. The van der Waals surface area contributed by atoms with Crippen LogP contribution < -0.4 is 15.8 Å². The number of nitrogens with two attached hydrogens (primary N) is 1. The fraction of sp³-hybridized carbons (Fsp3) is 0.208.